The summed E-state index contributed by atoms with van der Waals surface area (Å²) < 4.78 is 6.51. The highest BCUT2D eigenvalue weighted by Crippen LogP contribution is 2.28. The Labute approximate surface area is 173 Å². The lowest BCUT2D eigenvalue weighted by Crippen LogP contribution is -2.38. The van der Waals surface area contributed by atoms with Crippen LogP contribution in [-0.2, 0) is 16.1 Å². The Morgan fingerprint density at radius 2 is 2.07 bits per heavy atom. The molecule has 1 aliphatic heterocycles. The highest BCUT2D eigenvalue weighted by Gasteiger charge is 2.16. The number of carbonyl (C=O) groups is 1. The molecule has 0 bridgehead atoms. The number of ether oxygens (including phenoxy) is 1. The number of aromatic nitrogens is 1. The van der Waals surface area contributed by atoms with Gasteiger partial charge in [0.15, 0.2) is 0 Å². The van der Waals surface area contributed by atoms with Crippen molar-refractivity contribution in [1.82, 2.24) is 10.3 Å². The van der Waals surface area contributed by atoms with Crippen LogP contribution in [0, 0.1) is 13.8 Å². The van der Waals surface area contributed by atoms with Gasteiger partial charge < -0.3 is 15.0 Å². The van der Waals surface area contributed by atoms with Crippen molar-refractivity contribution in [3.63, 3.8) is 0 Å². The Hall–Kier alpha value is -1.57. The molecule has 1 aromatic carbocycles. The van der Waals surface area contributed by atoms with E-state index < -0.39 is 0 Å². The van der Waals surface area contributed by atoms with E-state index in [-0.39, 0.29) is 5.91 Å². The molecule has 2 aromatic rings. The van der Waals surface area contributed by atoms with Crippen LogP contribution in [-0.4, -0.2) is 42.9 Å². The van der Waals surface area contributed by atoms with Crippen molar-refractivity contribution in [3.8, 4) is 0 Å². The molecule has 7 heteroatoms. The third-order valence-corrected chi connectivity index (χ3v) is 6.48. The maximum Gasteiger partial charge on any atom is 0.230 e. The number of nitrogens with one attached hydrogen (secondary N) is 1. The number of pyridine rings is 1. The number of halogens is 1. The summed E-state index contributed by atoms with van der Waals surface area (Å²) in [7, 11) is 0. The minimum Gasteiger partial charge on any atom is -0.378 e. The van der Waals surface area contributed by atoms with Crippen molar-refractivity contribution in [3.05, 3.63) is 51.6 Å². The third kappa shape index (κ3) is 5.46. The fourth-order valence-electron chi connectivity index (χ4n) is 2.93. The van der Waals surface area contributed by atoms with Gasteiger partial charge >= 0.3 is 0 Å². The number of morpholine rings is 1. The summed E-state index contributed by atoms with van der Waals surface area (Å²) in [5.41, 5.74) is 3.38. The van der Waals surface area contributed by atoms with Gasteiger partial charge in [-0.2, -0.15) is 0 Å². The van der Waals surface area contributed by atoms with Crippen molar-refractivity contribution in [2.45, 2.75) is 25.3 Å². The Bertz CT molecular complexity index is 810. The zero-order valence-electron chi connectivity index (χ0n) is 15.6. The molecule has 1 aliphatic rings. The first-order valence-corrected chi connectivity index (χ1v) is 10.8. The molecule has 1 saturated heterocycles. The van der Waals surface area contributed by atoms with Crippen LogP contribution in [0.5, 0.6) is 0 Å². The van der Waals surface area contributed by atoms with Gasteiger partial charge in [0.05, 0.1) is 19.0 Å². The first-order chi connectivity index (χ1) is 13.0. The molecular formula is C20H24BrN3O2S. The van der Waals surface area contributed by atoms with E-state index in [1.54, 1.807) is 18.0 Å². The van der Waals surface area contributed by atoms with Crippen LogP contribution in [0.1, 0.15) is 16.7 Å². The molecule has 0 radical (unpaired) electrons. The summed E-state index contributed by atoms with van der Waals surface area (Å²) in [6.45, 7) is 7.69. The van der Waals surface area contributed by atoms with E-state index in [9.17, 15) is 4.79 Å². The topological polar surface area (TPSA) is 54.5 Å². The molecule has 2 heterocycles. The summed E-state index contributed by atoms with van der Waals surface area (Å²) in [5, 5.41) is 3.03. The molecule has 1 amide bonds. The molecule has 0 unspecified atom stereocenters. The molecule has 1 fully saturated rings. The van der Waals surface area contributed by atoms with Gasteiger partial charge in [-0.05, 0) is 43.2 Å². The fourth-order valence-corrected chi connectivity index (χ4v) is 4.32. The first-order valence-electron chi connectivity index (χ1n) is 8.97. The minimum absolute atomic E-state index is 0.0248. The Morgan fingerprint density at radius 1 is 1.30 bits per heavy atom. The summed E-state index contributed by atoms with van der Waals surface area (Å²) in [6, 6.07) is 8.15. The average molecular weight is 450 g/mol. The van der Waals surface area contributed by atoms with E-state index in [1.807, 2.05) is 12.1 Å². The van der Waals surface area contributed by atoms with Gasteiger partial charge in [-0.3, -0.25) is 4.79 Å². The number of amides is 1. The van der Waals surface area contributed by atoms with Crippen molar-refractivity contribution in [2.75, 3.05) is 37.0 Å². The second-order valence-electron chi connectivity index (χ2n) is 6.52. The zero-order chi connectivity index (χ0) is 19.2. The van der Waals surface area contributed by atoms with Crippen molar-refractivity contribution < 1.29 is 9.53 Å². The number of benzene rings is 1. The summed E-state index contributed by atoms with van der Waals surface area (Å²) in [4.78, 5) is 20.2. The molecule has 0 saturated carbocycles. The van der Waals surface area contributed by atoms with E-state index in [0.29, 0.717) is 25.5 Å². The molecule has 0 spiro atoms. The second-order valence-corrected chi connectivity index (χ2v) is 8.39. The molecule has 0 atom stereocenters. The summed E-state index contributed by atoms with van der Waals surface area (Å²) in [5.74, 6) is 1.36. The van der Waals surface area contributed by atoms with Crippen molar-refractivity contribution >= 4 is 39.4 Å². The number of anilines is 1. The Morgan fingerprint density at radius 3 is 2.85 bits per heavy atom. The van der Waals surface area contributed by atoms with E-state index in [4.69, 9.17) is 4.74 Å². The normalized spacial score (nSPS) is 14.3. The number of aryl methyl sites for hydroxylation is 2. The summed E-state index contributed by atoms with van der Waals surface area (Å²) >= 11 is 5.11. The Balaban J connectivity index is 1.56. The second kappa shape index (κ2) is 9.57. The number of thioether (sulfide) groups is 1. The number of carbonyl (C=O) groups excluding carboxylic acids is 1. The maximum absolute atomic E-state index is 12.3. The molecule has 0 aliphatic carbocycles. The number of rotatable bonds is 6. The lowest BCUT2D eigenvalue weighted by atomic mass is 10.2. The largest absolute Gasteiger partial charge is 0.378 e. The molecule has 144 valence electrons. The van der Waals surface area contributed by atoms with Crippen LogP contribution in [0.25, 0.3) is 0 Å². The van der Waals surface area contributed by atoms with Crippen LogP contribution in [0.4, 0.5) is 5.82 Å². The monoisotopic (exact) mass is 449 g/mol. The van der Waals surface area contributed by atoms with E-state index >= 15 is 0 Å². The molecule has 27 heavy (non-hydrogen) atoms. The van der Waals surface area contributed by atoms with E-state index in [1.165, 1.54) is 11.1 Å². The van der Waals surface area contributed by atoms with Gasteiger partial charge in [-0.1, -0.05) is 22.0 Å². The smallest absolute Gasteiger partial charge is 0.230 e. The van der Waals surface area contributed by atoms with Crippen LogP contribution in [0.15, 0.2) is 39.8 Å². The number of nitrogens with zero attached hydrogens (tertiary/aromatic N) is 2. The lowest BCUT2D eigenvalue weighted by Gasteiger charge is -2.29. The van der Waals surface area contributed by atoms with Crippen molar-refractivity contribution in [1.29, 1.82) is 0 Å². The van der Waals surface area contributed by atoms with Gasteiger partial charge in [0.1, 0.15) is 5.82 Å². The average Bonchev–Trinajstić information content (AvgIpc) is 2.69. The van der Waals surface area contributed by atoms with Gasteiger partial charge in [-0.15, -0.1) is 11.8 Å². The predicted molar refractivity (Wildman–Crippen MR) is 113 cm³/mol. The fraction of sp³-hybridized carbons (Fsp3) is 0.400. The van der Waals surface area contributed by atoms with Gasteiger partial charge in [0.2, 0.25) is 5.91 Å². The third-order valence-electron chi connectivity index (χ3n) is 4.47. The van der Waals surface area contributed by atoms with Crippen LogP contribution < -0.4 is 10.2 Å². The summed E-state index contributed by atoms with van der Waals surface area (Å²) in [6.07, 6.45) is 1.80. The quantitative estimate of drug-likeness (QED) is 0.681. The predicted octanol–water partition coefficient (Wildman–Crippen LogP) is 3.71. The first kappa shape index (κ1) is 20.2. The van der Waals surface area contributed by atoms with Crippen LogP contribution in [0.2, 0.25) is 0 Å². The van der Waals surface area contributed by atoms with Gasteiger partial charge in [-0.25, -0.2) is 4.98 Å². The van der Waals surface area contributed by atoms with E-state index in [0.717, 1.165) is 33.8 Å². The molecule has 1 N–H and O–H groups in total. The molecule has 5 nitrogen and oxygen atoms in total. The highest BCUT2D eigenvalue weighted by atomic mass is 79.9. The number of hydrogen-bond donors (Lipinski definition) is 1. The van der Waals surface area contributed by atoms with Gasteiger partial charge in [0, 0.05) is 40.8 Å². The molecule has 3 rings (SSSR count). The standard InChI is InChI=1S/C20H24BrN3O2S/c1-14-11-18(15(2)10-17(14)21)27-13-19(25)23-12-16-4-3-5-22-20(16)24-6-8-26-9-7-24/h3-5,10-11H,6-9,12-13H2,1-2H3,(H,23,25). The number of hydrogen-bond acceptors (Lipinski definition) is 5. The minimum atomic E-state index is 0.0248. The Kier molecular flexibility index (Phi) is 7.15. The van der Waals surface area contributed by atoms with Crippen LogP contribution in [0.3, 0.4) is 0 Å². The van der Waals surface area contributed by atoms with Crippen LogP contribution >= 0.6 is 27.7 Å². The molecule has 1 aromatic heterocycles. The zero-order valence-corrected chi connectivity index (χ0v) is 18.0. The van der Waals surface area contributed by atoms with Gasteiger partial charge in [0.25, 0.3) is 0 Å². The lowest BCUT2D eigenvalue weighted by molar-refractivity contribution is -0.118. The highest BCUT2D eigenvalue weighted by molar-refractivity contribution is 9.10. The maximum atomic E-state index is 12.3. The molecular weight excluding hydrogens is 426 g/mol. The van der Waals surface area contributed by atoms with Crippen molar-refractivity contribution in [2.24, 2.45) is 0 Å². The SMILES string of the molecule is Cc1cc(SCC(=O)NCc2cccnc2N2CCOCC2)c(C)cc1Br. The van der Waals surface area contributed by atoms with E-state index in [2.05, 4.69) is 57.1 Å².